The molecule has 3 aromatic rings. The van der Waals surface area contributed by atoms with Gasteiger partial charge in [0.05, 0.1) is 15.9 Å². The molecule has 0 saturated carbocycles. The Hall–Kier alpha value is -2.50. The van der Waals surface area contributed by atoms with Crippen molar-refractivity contribution in [3.05, 3.63) is 76.4 Å². The van der Waals surface area contributed by atoms with Gasteiger partial charge in [-0.2, -0.15) is 0 Å². The summed E-state index contributed by atoms with van der Waals surface area (Å²) in [5, 5.41) is 3.97. The maximum atomic E-state index is 12.9. The van der Waals surface area contributed by atoms with E-state index in [9.17, 15) is 4.79 Å². The summed E-state index contributed by atoms with van der Waals surface area (Å²) < 4.78 is 0. The molecule has 1 N–H and O–H groups in total. The number of aromatic nitrogens is 1. The van der Waals surface area contributed by atoms with E-state index in [1.807, 2.05) is 51.4 Å². The van der Waals surface area contributed by atoms with Gasteiger partial charge in [-0.15, -0.1) is 11.3 Å². The molecule has 0 aliphatic carbocycles. The Bertz CT molecular complexity index is 901. The molecule has 3 rings (SSSR count). The summed E-state index contributed by atoms with van der Waals surface area (Å²) in [4.78, 5) is 20.4. The predicted molar refractivity (Wildman–Crippen MR) is 112 cm³/mol. The minimum absolute atomic E-state index is 0.106. The van der Waals surface area contributed by atoms with Crippen LogP contribution in [0.5, 0.6) is 0 Å². The molecular formula is C22H25N3OS. The van der Waals surface area contributed by atoms with E-state index in [0.29, 0.717) is 12.2 Å². The van der Waals surface area contributed by atoms with Crippen LogP contribution in [0.25, 0.3) is 10.4 Å². The molecule has 0 bridgehead atoms. The Morgan fingerprint density at radius 2 is 1.74 bits per heavy atom. The lowest BCUT2D eigenvalue weighted by atomic mass is 10.0. The van der Waals surface area contributed by atoms with E-state index in [-0.39, 0.29) is 11.9 Å². The molecule has 0 fully saturated rings. The molecule has 1 unspecified atom stereocenters. The van der Waals surface area contributed by atoms with Crippen LogP contribution >= 0.6 is 11.3 Å². The van der Waals surface area contributed by atoms with Crippen LogP contribution in [0.3, 0.4) is 0 Å². The van der Waals surface area contributed by atoms with Crippen LogP contribution in [0, 0.1) is 13.8 Å². The average molecular weight is 380 g/mol. The van der Waals surface area contributed by atoms with E-state index in [1.165, 1.54) is 11.1 Å². The Morgan fingerprint density at radius 3 is 2.37 bits per heavy atom. The molecule has 4 nitrogen and oxygen atoms in total. The molecule has 1 amide bonds. The van der Waals surface area contributed by atoms with Gasteiger partial charge in [0.1, 0.15) is 5.69 Å². The molecule has 140 valence electrons. The molecular weight excluding hydrogens is 354 g/mol. The number of hydrogen-bond donors (Lipinski definition) is 1. The Kier molecular flexibility index (Phi) is 6.04. The maximum absolute atomic E-state index is 12.9. The number of likely N-dealkylation sites (N-methyl/N-ethyl adjacent to an activating group) is 1. The van der Waals surface area contributed by atoms with Gasteiger partial charge in [-0.05, 0) is 39.1 Å². The van der Waals surface area contributed by atoms with Gasteiger partial charge in [0.2, 0.25) is 0 Å². The summed E-state index contributed by atoms with van der Waals surface area (Å²) in [7, 11) is 4.05. The smallest absolute Gasteiger partial charge is 0.271 e. The number of carbonyl (C=O) groups is 1. The predicted octanol–water partition coefficient (Wildman–Crippen LogP) is 4.46. The topological polar surface area (TPSA) is 45.2 Å². The first kappa shape index (κ1) is 19.3. The quantitative estimate of drug-likeness (QED) is 0.688. The first-order chi connectivity index (χ1) is 13.0. The van der Waals surface area contributed by atoms with Gasteiger partial charge in [0.15, 0.2) is 0 Å². The normalized spacial score (nSPS) is 12.2. The Labute approximate surface area is 164 Å². The third kappa shape index (κ3) is 4.62. The van der Waals surface area contributed by atoms with Crippen LogP contribution in [0.15, 0.2) is 54.6 Å². The van der Waals surface area contributed by atoms with E-state index >= 15 is 0 Å². The van der Waals surface area contributed by atoms with Crippen molar-refractivity contribution in [2.45, 2.75) is 19.9 Å². The van der Waals surface area contributed by atoms with Crippen molar-refractivity contribution in [1.29, 1.82) is 0 Å². The highest BCUT2D eigenvalue weighted by molar-refractivity contribution is 7.15. The van der Waals surface area contributed by atoms with Crippen molar-refractivity contribution in [3.8, 4) is 10.4 Å². The van der Waals surface area contributed by atoms with Crippen molar-refractivity contribution in [2.24, 2.45) is 0 Å². The largest absolute Gasteiger partial charge is 0.349 e. The number of aryl methyl sites for hydroxylation is 2. The monoisotopic (exact) mass is 379 g/mol. The van der Waals surface area contributed by atoms with Crippen molar-refractivity contribution in [1.82, 2.24) is 15.2 Å². The second-order valence-corrected chi connectivity index (χ2v) is 8.08. The second-order valence-electron chi connectivity index (χ2n) is 6.88. The summed E-state index contributed by atoms with van der Waals surface area (Å²) in [6, 6.07) is 18.5. The van der Waals surface area contributed by atoms with Crippen LogP contribution in [0.2, 0.25) is 0 Å². The first-order valence-electron chi connectivity index (χ1n) is 8.99. The summed E-state index contributed by atoms with van der Waals surface area (Å²) >= 11 is 1.55. The number of nitrogens with one attached hydrogen (secondary N) is 1. The van der Waals surface area contributed by atoms with Crippen molar-refractivity contribution in [3.63, 3.8) is 0 Å². The van der Waals surface area contributed by atoms with Crippen LogP contribution in [0.4, 0.5) is 0 Å². The number of amides is 1. The molecule has 5 heteroatoms. The van der Waals surface area contributed by atoms with Gasteiger partial charge < -0.3 is 10.2 Å². The minimum Gasteiger partial charge on any atom is -0.349 e. The lowest BCUT2D eigenvalue weighted by Gasteiger charge is -2.25. The van der Waals surface area contributed by atoms with Gasteiger partial charge >= 0.3 is 0 Å². The molecule has 1 aromatic heterocycles. The number of benzene rings is 2. The standard InChI is InChI=1S/C22H25N3OS/c1-15-10-12-17(13-11-15)19(25(3)4)14-23-22(26)20-21(27-16(2)24-20)18-8-6-5-7-9-18/h5-13,19H,14H2,1-4H3,(H,23,26). The molecule has 2 aromatic carbocycles. The zero-order valence-corrected chi connectivity index (χ0v) is 17.0. The van der Waals surface area contributed by atoms with E-state index < -0.39 is 0 Å². The fourth-order valence-corrected chi connectivity index (χ4v) is 3.95. The first-order valence-corrected chi connectivity index (χ1v) is 9.81. The van der Waals surface area contributed by atoms with Gasteiger partial charge in [-0.3, -0.25) is 4.79 Å². The number of nitrogens with zero attached hydrogens (tertiary/aromatic N) is 2. The van der Waals surface area contributed by atoms with E-state index in [4.69, 9.17) is 0 Å². The maximum Gasteiger partial charge on any atom is 0.271 e. The Balaban J connectivity index is 1.78. The third-order valence-corrected chi connectivity index (χ3v) is 5.55. The summed E-state index contributed by atoms with van der Waals surface area (Å²) in [5.41, 5.74) is 3.94. The minimum atomic E-state index is -0.128. The van der Waals surface area contributed by atoms with E-state index in [2.05, 4.69) is 46.4 Å². The fraction of sp³-hybridized carbons (Fsp3) is 0.273. The molecule has 0 aliphatic rings. The number of rotatable bonds is 6. The fourth-order valence-electron chi connectivity index (χ4n) is 3.03. The molecule has 27 heavy (non-hydrogen) atoms. The molecule has 1 atom stereocenters. The van der Waals surface area contributed by atoms with Crippen LogP contribution in [-0.2, 0) is 0 Å². The Morgan fingerprint density at radius 1 is 1.07 bits per heavy atom. The summed E-state index contributed by atoms with van der Waals surface area (Å²) in [6.45, 7) is 4.54. The zero-order chi connectivity index (χ0) is 19.4. The molecule has 0 radical (unpaired) electrons. The van der Waals surface area contributed by atoms with E-state index in [0.717, 1.165) is 15.4 Å². The summed E-state index contributed by atoms with van der Waals surface area (Å²) in [5.74, 6) is -0.128. The van der Waals surface area contributed by atoms with Crippen LogP contribution in [0.1, 0.15) is 32.7 Å². The SMILES string of the molecule is Cc1ccc(C(CNC(=O)c2nc(C)sc2-c2ccccc2)N(C)C)cc1. The highest BCUT2D eigenvalue weighted by atomic mass is 32.1. The van der Waals surface area contributed by atoms with Crippen molar-refractivity contribution < 1.29 is 4.79 Å². The van der Waals surface area contributed by atoms with Crippen LogP contribution < -0.4 is 5.32 Å². The highest BCUT2D eigenvalue weighted by Gasteiger charge is 2.20. The van der Waals surface area contributed by atoms with Gasteiger partial charge in [0, 0.05) is 6.54 Å². The van der Waals surface area contributed by atoms with Crippen molar-refractivity contribution in [2.75, 3.05) is 20.6 Å². The zero-order valence-electron chi connectivity index (χ0n) is 16.2. The molecule has 0 saturated heterocycles. The lowest BCUT2D eigenvalue weighted by Crippen LogP contribution is -2.34. The number of carbonyl (C=O) groups excluding carboxylic acids is 1. The lowest BCUT2D eigenvalue weighted by molar-refractivity contribution is 0.0938. The van der Waals surface area contributed by atoms with E-state index in [1.54, 1.807) is 11.3 Å². The second kappa shape index (κ2) is 8.46. The number of hydrogen-bond acceptors (Lipinski definition) is 4. The molecule has 1 heterocycles. The summed E-state index contributed by atoms with van der Waals surface area (Å²) in [6.07, 6.45) is 0. The average Bonchev–Trinajstić information content (AvgIpc) is 3.05. The number of thiazole rings is 1. The molecule has 0 spiro atoms. The van der Waals surface area contributed by atoms with Crippen LogP contribution in [-0.4, -0.2) is 36.4 Å². The van der Waals surface area contributed by atoms with Gasteiger partial charge in [-0.25, -0.2) is 4.98 Å². The van der Waals surface area contributed by atoms with Crippen molar-refractivity contribution >= 4 is 17.2 Å². The molecule has 0 aliphatic heterocycles. The highest BCUT2D eigenvalue weighted by Crippen LogP contribution is 2.30. The third-order valence-electron chi connectivity index (χ3n) is 4.53. The van der Waals surface area contributed by atoms with Gasteiger partial charge in [0.25, 0.3) is 5.91 Å². The van der Waals surface area contributed by atoms with Gasteiger partial charge in [-0.1, -0.05) is 60.2 Å².